The molecule has 0 N–H and O–H groups in total. The number of rotatable bonds is 2. The fourth-order valence-corrected chi connectivity index (χ4v) is 5.66. The molecule has 0 aromatic heterocycles. The molecule has 0 radical (unpaired) electrons. The lowest BCUT2D eigenvalue weighted by Gasteiger charge is -2.38. The van der Waals surface area contributed by atoms with Crippen molar-refractivity contribution >= 4 is 17.5 Å². The van der Waals surface area contributed by atoms with Gasteiger partial charge in [-0.2, -0.15) is 11.8 Å². The van der Waals surface area contributed by atoms with Gasteiger partial charge in [0.25, 0.3) is 0 Å². The van der Waals surface area contributed by atoms with Crippen LogP contribution in [0.15, 0.2) is 18.2 Å². The quantitative estimate of drug-likeness (QED) is 0.769. The maximum absolute atomic E-state index is 12.9. The predicted molar refractivity (Wildman–Crippen MR) is 88.1 cm³/mol. The molecule has 4 rings (SSSR count). The molecule has 2 unspecified atom stereocenters. The summed E-state index contributed by atoms with van der Waals surface area (Å²) in [5.41, 5.74) is 0.791. The van der Waals surface area contributed by atoms with Gasteiger partial charge in [-0.15, -0.1) is 0 Å². The van der Waals surface area contributed by atoms with E-state index in [9.17, 15) is 4.79 Å². The van der Waals surface area contributed by atoms with Gasteiger partial charge in [0, 0.05) is 28.4 Å². The number of carbonyl (C=O) groups excluding carboxylic acids is 1. The number of benzene rings is 1. The normalized spacial score (nSPS) is 30.5. The first-order valence-corrected chi connectivity index (χ1v) is 9.33. The molecule has 2 fully saturated rings. The van der Waals surface area contributed by atoms with Crippen LogP contribution in [-0.4, -0.2) is 29.5 Å². The van der Waals surface area contributed by atoms with Gasteiger partial charge in [-0.05, 0) is 43.9 Å². The first-order valence-electron chi connectivity index (χ1n) is 8.39. The maximum Gasteiger partial charge on any atom is 0.166 e. The molecule has 1 aromatic carbocycles. The van der Waals surface area contributed by atoms with Crippen molar-refractivity contribution in [2.75, 3.05) is 13.2 Å². The number of fused-ring (bicyclic) bond motifs is 3. The van der Waals surface area contributed by atoms with Gasteiger partial charge >= 0.3 is 0 Å². The average molecular weight is 318 g/mol. The first kappa shape index (κ1) is 14.4. The van der Waals surface area contributed by atoms with Gasteiger partial charge in [0.2, 0.25) is 0 Å². The Morgan fingerprint density at radius 1 is 1.00 bits per heavy atom. The summed E-state index contributed by atoms with van der Waals surface area (Å²) >= 11 is 2.12. The molecule has 0 aliphatic carbocycles. The molecule has 2 bridgehead atoms. The Morgan fingerprint density at radius 3 is 2.50 bits per heavy atom. The van der Waals surface area contributed by atoms with Crippen molar-refractivity contribution in [2.45, 2.75) is 49.0 Å². The number of thioether (sulfide) groups is 1. The van der Waals surface area contributed by atoms with Crippen LogP contribution in [0.25, 0.3) is 0 Å². The molecule has 2 saturated heterocycles. The van der Waals surface area contributed by atoms with E-state index in [-0.39, 0.29) is 5.92 Å². The number of Topliss-reactive ketones (excluding diaryl/α,β-unsaturated/α-hetero) is 1. The van der Waals surface area contributed by atoms with Crippen LogP contribution in [0.5, 0.6) is 11.5 Å². The highest BCUT2D eigenvalue weighted by molar-refractivity contribution is 8.00. The predicted octanol–water partition coefficient (Wildman–Crippen LogP) is 4.09. The van der Waals surface area contributed by atoms with E-state index in [2.05, 4.69) is 11.8 Å². The third-order valence-electron chi connectivity index (χ3n) is 4.93. The Morgan fingerprint density at radius 2 is 1.73 bits per heavy atom. The number of hydrogen-bond acceptors (Lipinski definition) is 4. The van der Waals surface area contributed by atoms with E-state index in [0.717, 1.165) is 36.3 Å². The van der Waals surface area contributed by atoms with Gasteiger partial charge in [-0.1, -0.05) is 6.42 Å². The van der Waals surface area contributed by atoms with Gasteiger partial charge in [0.05, 0.1) is 13.2 Å². The van der Waals surface area contributed by atoms with E-state index in [1.807, 2.05) is 18.2 Å². The fraction of sp³-hybridized carbons (Fsp3) is 0.611. The Hall–Kier alpha value is -1.16. The zero-order chi connectivity index (χ0) is 14.9. The summed E-state index contributed by atoms with van der Waals surface area (Å²) in [4.78, 5) is 12.9. The van der Waals surface area contributed by atoms with Crippen molar-refractivity contribution in [2.24, 2.45) is 5.92 Å². The Bertz CT molecular complexity index is 559. The molecule has 0 spiro atoms. The topological polar surface area (TPSA) is 35.5 Å². The minimum Gasteiger partial charge on any atom is -0.490 e. The van der Waals surface area contributed by atoms with Crippen molar-refractivity contribution < 1.29 is 14.3 Å². The first-order chi connectivity index (χ1) is 10.8. The molecule has 1 aromatic rings. The summed E-state index contributed by atoms with van der Waals surface area (Å²) in [5.74, 6) is 1.99. The van der Waals surface area contributed by atoms with Crippen LogP contribution >= 0.6 is 11.8 Å². The molecule has 0 saturated carbocycles. The summed E-state index contributed by atoms with van der Waals surface area (Å²) in [6, 6.07) is 5.69. The van der Waals surface area contributed by atoms with Gasteiger partial charge in [-0.25, -0.2) is 0 Å². The minimum atomic E-state index is 0.196. The number of carbonyl (C=O) groups is 1. The van der Waals surface area contributed by atoms with E-state index >= 15 is 0 Å². The zero-order valence-corrected chi connectivity index (χ0v) is 13.6. The van der Waals surface area contributed by atoms with Crippen LogP contribution in [0, 0.1) is 5.92 Å². The van der Waals surface area contributed by atoms with Crippen LogP contribution in [0.4, 0.5) is 0 Å². The van der Waals surface area contributed by atoms with E-state index in [1.54, 1.807) is 0 Å². The van der Waals surface area contributed by atoms with Crippen molar-refractivity contribution in [1.29, 1.82) is 0 Å². The molecule has 3 heterocycles. The highest BCUT2D eigenvalue weighted by Gasteiger charge is 2.36. The van der Waals surface area contributed by atoms with E-state index in [4.69, 9.17) is 9.47 Å². The molecule has 4 heteroatoms. The molecular formula is C18H22O3S. The van der Waals surface area contributed by atoms with Crippen LogP contribution in [0.3, 0.4) is 0 Å². The second kappa shape index (κ2) is 6.15. The van der Waals surface area contributed by atoms with E-state index in [1.165, 1.54) is 19.3 Å². The smallest absolute Gasteiger partial charge is 0.166 e. The summed E-state index contributed by atoms with van der Waals surface area (Å²) in [7, 11) is 0. The molecule has 3 aliphatic heterocycles. The Labute approximate surface area is 135 Å². The third kappa shape index (κ3) is 2.85. The number of ether oxygens (including phenoxy) is 2. The van der Waals surface area contributed by atoms with Gasteiger partial charge < -0.3 is 9.47 Å². The fourth-order valence-electron chi connectivity index (χ4n) is 3.83. The lowest BCUT2D eigenvalue weighted by molar-refractivity contribution is 0.0896. The van der Waals surface area contributed by atoms with Crippen molar-refractivity contribution in [1.82, 2.24) is 0 Å². The third-order valence-corrected chi connectivity index (χ3v) is 6.56. The number of hydrogen-bond donors (Lipinski definition) is 0. The van der Waals surface area contributed by atoms with Gasteiger partial charge in [0.15, 0.2) is 17.3 Å². The largest absolute Gasteiger partial charge is 0.490 e. The Kier molecular flexibility index (Phi) is 4.03. The zero-order valence-electron chi connectivity index (χ0n) is 12.8. The van der Waals surface area contributed by atoms with Gasteiger partial charge in [-0.3, -0.25) is 4.79 Å². The summed E-state index contributed by atoms with van der Waals surface area (Å²) in [5, 5.41) is 1.39. The second-order valence-corrected chi connectivity index (χ2v) is 8.16. The van der Waals surface area contributed by atoms with E-state index < -0.39 is 0 Å². The standard InChI is InChI=1S/C18H22O3S/c19-18(13-9-14-3-1-4-15(10-13)22-14)12-5-6-16-17(11-12)21-8-2-7-20-16/h5-6,11,13-15H,1-4,7-10H2. The highest BCUT2D eigenvalue weighted by Crippen LogP contribution is 2.45. The monoisotopic (exact) mass is 318 g/mol. The molecule has 2 atom stereocenters. The SMILES string of the molecule is O=C(c1ccc2c(c1)OCCCO2)C1CC2CCCC(C1)S2. The molecular weight excluding hydrogens is 296 g/mol. The molecule has 22 heavy (non-hydrogen) atoms. The summed E-state index contributed by atoms with van der Waals surface area (Å²) < 4.78 is 11.4. The molecule has 3 aliphatic rings. The highest BCUT2D eigenvalue weighted by atomic mass is 32.2. The number of ketones is 1. The van der Waals surface area contributed by atoms with Gasteiger partial charge in [0.1, 0.15) is 0 Å². The maximum atomic E-state index is 12.9. The summed E-state index contributed by atoms with van der Waals surface area (Å²) in [6.07, 6.45) is 6.90. The summed E-state index contributed by atoms with van der Waals surface area (Å²) in [6.45, 7) is 1.35. The molecule has 0 amide bonds. The molecule has 118 valence electrons. The molecule has 3 nitrogen and oxygen atoms in total. The van der Waals surface area contributed by atoms with Crippen LogP contribution in [0.1, 0.15) is 48.9 Å². The van der Waals surface area contributed by atoms with Crippen LogP contribution in [-0.2, 0) is 0 Å². The van der Waals surface area contributed by atoms with Crippen LogP contribution in [0.2, 0.25) is 0 Å². The van der Waals surface area contributed by atoms with Crippen molar-refractivity contribution in [3.8, 4) is 11.5 Å². The lowest BCUT2D eigenvalue weighted by Crippen LogP contribution is -2.32. The van der Waals surface area contributed by atoms with Crippen LogP contribution < -0.4 is 9.47 Å². The van der Waals surface area contributed by atoms with Crippen molar-refractivity contribution in [3.63, 3.8) is 0 Å². The average Bonchev–Trinajstić information content (AvgIpc) is 2.78. The van der Waals surface area contributed by atoms with E-state index in [0.29, 0.717) is 29.5 Å². The lowest BCUT2D eigenvalue weighted by atomic mass is 9.84. The minimum absolute atomic E-state index is 0.196. The van der Waals surface area contributed by atoms with Crippen molar-refractivity contribution in [3.05, 3.63) is 23.8 Å². The second-order valence-electron chi connectivity index (χ2n) is 6.56. The Balaban J connectivity index is 1.54.